The van der Waals surface area contributed by atoms with Crippen LogP contribution in [-0.2, 0) is 4.79 Å². The average molecular weight is 335 g/mol. The lowest BCUT2D eigenvalue weighted by molar-refractivity contribution is -0.120. The molecule has 1 N–H and O–H groups in total. The van der Waals surface area contributed by atoms with Crippen LogP contribution in [0.4, 0.5) is 0 Å². The largest absolute Gasteiger partial charge is 0.492 e. The Labute approximate surface area is 139 Å². The van der Waals surface area contributed by atoms with E-state index in [9.17, 15) is 4.79 Å². The number of hydrogen-bond donors (Lipinski definition) is 1. The van der Waals surface area contributed by atoms with Gasteiger partial charge < -0.3 is 10.1 Å². The first-order valence-corrected chi connectivity index (χ1v) is 8.38. The van der Waals surface area contributed by atoms with E-state index in [1.807, 2.05) is 52.0 Å². The third kappa shape index (κ3) is 4.44. The molecule has 1 aromatic heterocycles. The smallest absolute Gasteiger partial charge is 0.233 e. The van der Waals surface area contributed by atoms with E-state index in [1.165, 1.54) is 11.8 Å². The molecule has 0 radical (unpaired) electrons. The van der Waals surface area contributed by atoms with Gasteiger partial charge in [-0.25, -0.2) is 0 Å². The molecule has 1 aromatic carbocycles. The SMILES string of the molecule is CCOc1ccccc1-n1nnnc1SC(C)C(=O)NC(C)C. The van der Waals surface area contributed by atoms with Crippen LogP contribution < -0.4 is 10.1 Å². The van der Waals surface area contributed by atoms with E-state index in [0.29, 0.717) is 17.5 Å². The fourth-order valence-electron chi connectivity index (χ4n) is 1.93. The quantitative estimate of drug-likeness (QED) is 0.780. The third-order valence-corrected chi connectivity index (χ3v) is 3.95. The summed E-state index contributed by atoms with van der Waals surface area (Å²) >= 11 is 1.31. The molecule has 124 valence electrons. The van der Waals surface area contributed by atoms with Gasteiger partial charge in [-0.3, -0.25) is 4.79 Å². The first kappa shape index (κ1) is 17.3. The molecule has 0 bridgehead atoms. The van der Waals surface area contributed by atoms with E-state index in [1.54, 1.807) is 4.68 Å². The number of ether oxygens (including phenoxy) is 1. The highest BCUT2D eigenvalue weighted by atomic mass is 32.2. The van der Waals surface area contributed by atoms with Gasteiger partial charge in [0.15, 0.2) is 0 Å². The summed E-state index contributed by atoms with van der Waals surface area (Å²) in [4.78, 5) is 12.1. The number of hydrogen-bond acceptors (Lipinski definition) is 6. The maximum atomic E-state index is 12.1. The van der Waals surface area contributed by atoms with Crippen molar-refractivity contribution < 1.29 is 9.53 Å². The molecule has 2 rings (SSSR count). The zero-order valence-corrected chi connectivity index (χ0v) is 14.5. The number of carbonyl (C=O) groups excluding carboxylic acids is 1. The number of rotatable bonds is 7. The number of thioether (sulfide) groups is 1. The van der Waals surface area contributed by atoms with Gasteiger partial charge in [-0.05, 0) is 50.3 Å². The summed E-state index contributed by atoms with van der Waals surface area (Å²) in [7, 11) is 0. The third-order valence-electron chi connectivity index (χ3n) is 2.92. The molecule has 1 atom stereocenters. The van der Waals surface area contributed by atoms with Crippen LogP contribution >= 0.6 is 11.8 Å². The summed E-state index contributed by atoms with van der Waals surface area (Å²) < 4.78 is 7.21. The van der Waals surface area contributed by atoms with Crippen molar-refractivity contribution >= 4 is 17.7 Å². The van der Waals surface area contributed by atoms with Gasteiger partial charge in [0.1, 0.15) is 11.4 Å². The predicted molar refractivity (Wildman–Crippen MR) is 88.9 cm³/mol. The standard InChI is InChI=1S/C15H21N5O2S/c1-5-22-13-9-7-6-8-12(13)20-15(17-18-19-20)23-11(4)14(21)16-10(2)3/h6-11H,5H2,1-4H3,(H,16,21). The molecule has 1 heterocycles. The average Bonchev–Trinajstić information content (AvgIpc) is 2.95. The topological polar surface area (TPSA) is 81.9 Å². The van der Waals surface area contributed by atoms with Crippen LogP contribution in [0.1, 0.15) is 27.7 Å². The molecule has 0 saturated heterocycles. The molecule has 0 spiro atoms. The molecule has 1 unspecified atom stereocenters. The van der Waals surface area contributed by atoms with E-state index in [-0.39, 0.29) is 17.2 Å². The number of aromatic nitrogens is 4. The molecule has 2 aromatic rings. The molecule has 0 saturated carbocycles. The van der Waals surface area contributed by atoms with Gasteiger partial charge in [-0.15, -0.1) is 5.10 Å². The number of amides is 1. The Hall–Kier alpha value is -2.09. The molecular formula is C15H21N5O2S. The first-order chi connectivity index (χ1) is 11.0. The molecule has 1 amide bonds. The van der Waals surface area contributed by atoms with Crippen molar-refractivity contribution in [1.29, 1.82) is 0 Å². The van der Waals surface area contributed by atoms with Crippen LogP contribution in [0.25, 0.3) is 5.69 Å². The van der Waals surface area contributed by atoms with Gasteiger partial charge >= 0.3 is 0 Å². The zero-order valence-electron chi connectivity index (χ0n) is 13.7. The highest BCUT2D eigenvalue weighted by Gasteiger charge is 2.20. The summed E-state index contributed by atoms with van der Waals surface area (Å²) in [5.74, 6) is 0.654. The number of para-hydroxylation sites is 2. The van der Waals surface area contributed by atoms with Gasteiger partial charge in [0, 0.05) is 6.04 Å². The molecule has 8 heteroatoms. The molecule has 0 aliphatic rings. The van der Waals surface area contributed by atoms with Crippen LogP contribution in [-0.4, -0.2) is 44.0 Å². The van der Waals surface area contributed by atoms with Crippen LogP contribution in [0, 0.1) is 0 Å². The number of nitrogens with zero attached hydrogens (tertiary/aromatic N) is 4. The lowest BCUT2D eigenvalue weighted by Gasteiger charge is -2.14. The lowest BCUT2D eigenvalue weighted by atomic mass is 10.3. The zero-order chi connectivity index (χ0) is 16.8. The Bertz CT molecular complexity index is 659. The van der Waals surface area contributed by atoms with Crippen molar-refractivity contribution in [2.24, 2.45) is 0 Å². The number of tetrazole rings is 1. The lowest BCUT2D eigenvalue weighted by Crippen LogP contribution is -2.36. The van der Waals surface area contributed by atoms with Crippen molar-refractivity contribution in [3.63, 3.8) is 0 Å². The maximum absolute atomic E-state index is 12.1. The minimum Gasteiger partial charge on any atom is -0.492 e. The maximum Gasteiger partial charge on any atom is 0.233 e. The second kappa shape index (κ2) is 7.96. The van der Waals surface area contributed by atoms with Gasteiger partial charge in [0.2, 0.25) is 11.1 Å². The molecule has 7 nitrogen and oxygen atoms in total. The van der Waals surface area contributed by atoms with Crippen LogP contribution in [0.5, 0.6) is 5.75 Å². The molecular weight excluding hydrogens is 314 g/mol. The van der Waals surface area contributed by atoms with Crippen molar-refractivity contribution in [2.75, 3.05) is 6.61 Å². The fraction of sp³-hybridized carbons (Fsp3) is 0.467. The first-order valence-electron chi connectivity index (χ1n) is 7.50. The van der Waals surface area contributed by atoms with Crippen LogP contribution in [0.15, 0.2) is 29.4 Å². The Morgan fingerprint density at radius 1 is 1.35 bits per heavy atom. The molecule has 0 aliphatic carbocycles. The summed E-state index contributed by atoms with van der Waals surface area (Å²) in [6, 6.07) is 7.63. The van der Waals surface area contributed by atoms with Gasteiger partial charge in [-0.1, -0.05) is 23.9 Å². The number of nitrogens with one attached hydrogen (secondary N) is 1. The van der Waals surface area contributed by atoms with E-state index >= 15 is 0 Å². The summed E-state index contributed by atoms with van der Waals surface area (Å²) in [6.45, 7) is 8.16. The minimum atomic E-state index is -0.304. The number of carbonyl (C=O) groups is 1. The van der Waals surface area contributed by atoms with Gasteiger partial charge in [0.25, 0.3) is 0 Å². The number of benzene rings is 1. The van der Waals surface area contributed by atoms with E-state index in [2.05, 4.69) is 20.8 Å². The van der Waals surface area contributed by atoms with Gasteiger partial charge in [-0.2, -0.15) is 4.68 Å². The summed E-state index contributed by atoms with van der Waals surface area (Å²) in [6.07, 6.45) is 0. The van der Waals surface area contributed by atoms with E-state index in [4.69, 9.17) is 4.74 Å². The van der Waals surface area contributed by atoms with Crippen LogP contribution in [0.2, 0.25) is 0 Å². The van der Waals surface area contributed by atoms with Crippen molar-refractivity contribution in [2.45, 2.75) is 44.1 Å². The van der Waals surface area contributed by atoms with E-state index < -0.39 is 0 Å². The molecule has 0 aliphatic heterocycles. The highest BCUT2D eigenvalue weighted by molar-refractivity contribution is 8.00. The second-order valence-corrected chi connectivity index (χ2v) is 6.51. The normalized spacial score (nSPS) is 12.2. The minimum absolute atomic E-state index is 0.0438. The summed E-state index contributed by atoms with van der Waals surface area (Å²) in [5, 5.41) is 14.9. The predicted octanol–water partition coefficient (Wildman–Crippen LogP) is 2.07. The summed E-state index contributed by atoms with van der Waals surface area (Å²) in [5.41, 5.74) is 0.748. The van der Waals surface area contributed by atoms with Crippen molar-refractivity contribution in [3.8, 4) is 11.4 Å². The van der Waals surface area contributed by atoms with Crippen LogP contribution in [0.3, 0.4) is 0 Å². The molecule has 0 fully saturated rings. The fourth-order valence-corrected chi connectivity index (χ4v) is 2.74. The Balaban J connectivity index is 2.22. The Morgan fingerprint density at radius 2 is 2.09 bits per heavy atom. The Kier molecular flexibility index (Phi) is 5.97. The van der Waals surface area contributed by atoms with Gasteiger partial charge in [0.05, 0.1) is 11.9 Å². The molecule has 23 heavy (non-hydrogen) atoms. The monoisotopic (exact) mass is 335 g/mol. The van der Waals surface area contributed by atoms with Crippen molar-refractivity contribution in [3.05, 3.63) is 24.3 Å². The Morgan fingerprint density at radius 3 is 2.78 bits per heavy atom. The second-order valence-electron chi connectivity index (χ2n) is 5.20. The van der Waals surface area contributed by atoms with Crippen molar-refractivity contribution in [1.82, 2.24) is 25.5 Å². The van der Waals surface area contributed by atoms with E-state index in [0.717, 1.165) is 5.69 Å². The highest BCUT2D eigenvalue weighted by Crippen LogP contribution is 2.27.